The standard InChI is InChI=1S/C12H14N2/c13-12-6-8-14(9-7-12)10-11-4-2-1-3-5-11/h1-6,8,13H,7,9-10H2. The first-order valence-electron chi connectivity index (χ1n) is 4.88. The molecule has 1 aromatic carbocycles. The third-order valence-electron chi connectivity index (χ3n) is 2.38. The Hall–Kier alpha value is -1.57. The van der Waals surface area contributed by atoms with Crippen molar-refractivity contribution in [1.29, 1.82) is 5.41 Å². The Bertz CT molecular complexity index is 341. The highest BCUT2D eigenvalue weighted by molar-refractivity contribution is 5.92. The molecule has 0 aliphatic carbocycles. The van der Waals surface area contributed by atoms with E-state index in [1.165, 1.54) is 5.56 Å². The molecule has 0 saturated carbocycles. The highest BCUT2D eigenvalue weighted by atomic mass is 15.1. The molecule has 1 aliphatic heterocycles. The van der Waals surface area contributed by atoms with Crippen molar-refractivity contribution in [3.8, 4) is 0 Å². The summed E-state index contributed by atoms with van der Waals surface area (Å²) in [6, 6.07) is 10.4. The number of nitrogens with zero attached hydrogens (tertiary/aromatic N) is 1. The van der Waals surface area contributed by atoms with Gasteiger partial charge in [-0.15, -0.1) is 0 Å². The summed E-state index contributed by atoms with van der Waals surface area (Å²) in [4.78, 5) is 2.24. The molecule has 0 bridgehead atoms. The Kier molecular flexibility index (Phi) is 2.63. The molecule has 0 atom stereocenters. The molecule has 0 aromatic heterocycles. The Morgan fingerprint density at radius 1 is 1.21 bits per heavy atom. The van der Waals surface area contributed by atoms with Gasteiger partial charge in [-0.25, -0.2) is 0 Å². The second-order valence-corrected chi connectivity index (χ2v) is 3.55. The monoisotopic (exact) mass is 186 g/mol. The summed E-state index contributed by atoms with van der Waals surface area (Å²) in [6.07, 6.45) is 4.76. The number of nitrogens with one attached hydrogen (secondary N) is 1. The summed E-state index contributed by atoms with van der Waals surface area (Å²) in [7, 11) is 0. The van der Waals surface area contributed by atoms with Crippen LogP contribution in [-0.4, -0.2) is 17.2 Å². The number of allylic oxidation sites excluding steroid dienone is 1. The van der Waals surface area contributed by atoms with Gasteiger partial charge in [0.15, 0.2) is 0 Å². The largest absolute Gasteiger partial charge is 0.373 e. The molecule has 0 radical (unpaired) electrons. The fourth-order valence-corrected chi connectivity index (χ4v) is 1.57. The maximum absolute atomic E-state index is 7.44. The highest BCUT2D eigenvalue weighted by Gasteiger charge is 2.06. The third kappa shape index (κ3) is 2.22. The van der Waals surface area contributed by atoms with Gasteiger partial charge < -0.3 is 10.3 Å². The van der Waals surface area contributed by atoms with E-state index < -0.39 is 0 Å². The van der Waals surface area contributed by atoms with Crippen molar-refractivity contribution < 1.29 is 0 Å². The van der Waals surface area contributed by atoms with E-state index >= 15 is 0 Å². The first kappa shape index (κ1) is 9.00. The van der Waals surface area contributed by atoms with Crippen molar-refractivity contribution in [1.82, 2.24) is 4.90 Å². The molecule has 0 saturated heterocycles. The Balaban J connectivity index is 1.99. The van der Waals surface area contributed by atoms with E-state index in [4.69, 9.17) is 5.41 Å². The molecular formula is C12H14N2. The van der Waals surface area contributed by atoms with Gasteiger partial charge in [0.05, 0.1) is 0 Å². The van der Waals surface area contributed by atoms with E-state index in [1.807, 2.05) is 18.3 Å². The van der Waals surface area contributed by atoms with Gasteiger partial charge in [-0.1, -0.05) is 30.3 Å². The zero-order valence-electron chi connectivity index (χ0n) is 8.11. The van der Waals surface area contributed by atoms with Crippen LogP contribution in [0.3, 0.4) is 0 Å². The molecular weight excluding hydrogens is 172 g/mol. The number of hydrogen-bond donors (Lipinski definition) is 1. The van der Waals surface area contributed by atoms with Crippen molar-refractivity contribution in [3.05, 3.63) is 48.2 Å². The summed E-state index contributed by atoms with van der Waals surface area (Å²) in [5.74, 6) is 0. The van der Waals surface area contributed by atoms with Crippen molar-refractivity contribution in [2.75, 3.05) is 6.54 Å². The van der Waals surface area contributed by atoms with E-state index in [9.17, 15) is 0 Å². The summed E-state index contributed by atoms with van der Waals surface area (Å²) >= 11 is 0. The average Bonchev–Trinajstić information content (AvgIpc) is 2.23. The molecule has 0 fully saturated rings. The van der Waals surface area contributed by atoms with Crippen LogP contribution in [0.4, 0.5) is 0 Å². The molecule has 1 aromatic rings. The SMILES string of the molecule is N=C1C=CN(Cc2ccccc2)CC1. The van der Waals surface area contributed by atoms with Crippen molar-refractivity contribution in [2.24, 2.45) is 0 Å². The van der Waals surface area contributed by atoms with Gasteiger partial charge in [0.25, 0.3) is 0 Å². The molecule has 1 N–H and O–H groups in total. The van der Waals surface area contributed by atoms with Crippen LogP contribution in [0.25, 0.3) is 0 Å². The van der Waals surface area contributed by atoms with Crippen molar-refractivity contribution >= 4 is 5.71 Å². The highest BCUT2D eigenvalue weighted by Crippen LogP contribution is 2.09. The predicted octanol–water partition coefficient (Wildman–Crippen LogP) is 2.43. The second-order valence-electron chi connectivity index (χ2n) is 3.55. The fraction of sp³-hybridized carbons (Fsp3) is 0.250. The first-order chi connectivity index (χ1) is 6.84. The molecule has 0 spiro atoms. The average molecular weight is 186 g/mol. The molecule has 2 rings (SSSR count). The maximum Gasteiger partial charge on any atom is 0.0424 e. The zero-order valence-corrected chi connectivity index (χ0v) is 8.11. The molecule has 0 unspecified atom stereocenters. The van der Waals surface area contributed by atoms with Crippen LogP contribution < -0.4 is 0 Å². The smallest absolute Gasteiger partial charge is 0.0424 e. The molecule has 1 heterocycles. The Morgan fingerprint density at radius 3 is 2.64 bits per heavy atom. The molecule has 0 amide bonds. The van der Waals surface area contributed by atoms with Gasteiger partial charge in [-0.05, 0) is 11.6 Å². The van der Waals surface area contributed by atoms with E-state index in [-0.39, 0.29) is 0 Å². The lowest BCUT2D eigenvalue weighted by atomic mass is 10.1. The lowest BCUT2D eigenvalue weighted by molar-refractivity contribution is 0.374. The predicted molar refractivity (Wildman–Crippen MR) is 58.3 cm³/mol. The molecule has 2 heteroatoms. The first-order valence-corrected chi connectivity index (χ1v) is 4.88. The van der Waals surface area contributed by atoms with Crippen molar-refractivity contribution in [2.45, 2.75) is 13.0 Å². The van der Waals surface area contributed by atoms with Gasteiger partial charge in [-0.3, -0.25) is 0 Å². The summed E-state index contributed by atoms with van der Waals surface area (Å²) in [5, 5.41) is 7.44. The van der Waals surface area contributed by atoms with Gasteiger partial charge in [-0.2, -0.15) is 0 Å². The summed E-state index contributed by atoms with van der Waals surface area (Å²) in [6.45, 7) is 1.91. The maximum atomic E-state index is 7.44. The molecule has 14 heavy (non-hydrogen) atoms. The van der Waals surface area contributed by atoms with Crippen LogP contribution >= 0.6 is 0 Å². The summed E-state index contributed by atoms with van der Waals surface area (Å²) in [5.41, 5.74) is 2.06. The number of hydrogen-bond acceptors (Lipinski definition) is 2. The fourth-order valence-electron chi connectivity index (χ4n) is 1.57. The topological polar surface area (TPSA) is 27.1 Å². The van der Waals surface area contributed by atoms with Crippen LogP contribution in [-0.2, 0) is 6.54 Å². The van der Waals surface area contributed by atoms with E-state index in [0.717, 1.165) is 25.2 Å². The van der Waals surface area contributed by atoms with Crippen LogP contribution in [0.5, 0.6) is 0 Å². The van der Waals surface area contributed by atoms with E-state index in [2.05, 4.69) is 29.2 Å². The van der Waals surface area contributed by atoms with Crippen LogP contribution in [0, 0.1) is 5.41 Å². The Morgan fingerprint density at radius 2 is 2.00 bits per heavy atom. The lowest BCUT2D eigenvalue weighted by Gasteiger charge is -2.23. The van der Waals surface area contributed by atoms with Crippen molar-refractivity contribution in [3.63, 3.8) is 0 Å². The molecule has 72 valence electrons. The molecule has 2 nitrogen and oxygen atoms in total. The summed E-state index contributed by atoms with van der Waals surface area (Å²) < 4.78 is 0. The normalized spacial score (nSPS) is 16.0. The number of benzene rings is 1. The van der Waals surface area contributed by atoms with Crippen LogP contribution in [0.2, 0.25) is 0 Å². The van der Waals surface area contributed by atoms with Gasteiger partial charge >= 0.3 is 0 Å². The minimum atomic E-state index is 0.731. The second kappa shape index (κ2) is 4.09. The Labute approximate surface area is 84.4 Å². The zero-order chi connectivity index (χ0) is 9.80. The minimum absolute atomic E-state index is 0.731. The van der Waals surface area contributed by atoms with Gasteiger partial charge in [0.2, 0.25) is 0 Å². The third-order valence-corrected chi connectivity index (χ3v) is 2.38. The van der Waals surface area contributed by atoms with E-state index in [1.54, 1.807) is 0 Å². The van der Waals surface area contributed by atoms with Gasteiger partial charge in [0, 0.05) is 31.4 Å². The number of rotatable bonds is 2. The van der Waals surface area contributed by atoms with E-state index in [0.29, 0.717) is 0 Å². The van der Waals surface area contributed by atoms with Crippen LogP contribution in [0.1, 0.15) is 12.0 Å². The minimum Gasteiger partial charge on any atom is -0.373 e. The molecule has 1 aliphatic rings. The van der Waals surface area contributed by atoms with Crippen LogP contribution in [0.15, 0.2) is 42.6 Å². The quantitative estimate of drug-likeness (QED) is 0.754. The lowest BCUT2D eigenvalue weighted by Crippen LogP contribution is -2.23. The van der Waals surface area contributed by atoms with Gasteiger partial charge in [0.1, 0.15) is 0 Å².